The summed E-state index contributed by atoms with van der Waals surface area (Å²) in [5, 5.41) is 0. The summed E-state index contributed by atoms with van der Waals surface area (Å²) in [7, 11) is 1.59. The summed E-state index contributed by atoms with van der Waals surface area (Å²) in [5.74, 6) is 0.0918. The van der Waals surface area contributed by atoms with E-state index in [1.165, 1.54) is 6.92 Å². The predicted molar refractivity (Wildman–Crippen MR) is 62.1 cm³/mol. The SMILES string of the molecule is COc1ccc(C(=O)C(C)=O)cc1C(C)C. The van der Waals surface area contributed by atoms with Crippen LogP contribution in [0.1, 0.15) is 42.6 Å². The van der Waals surface area contributed by atoms with Crippen LogP contribution in [0.25, 0.3) is 0 Å². The molecule has 0 unspecified atom stereocenters. The van der Waals surface area contributed by atoms with Gasteiger partial charge in [0.1, 0.15) is 5.75 Å². The van der Waals surface area contributed by atoms with Crippen LogP contribution in [0.2, 0.25) is 0 Å². The maximum Gasteiger partial charge on any atom is 0.228 e. The van der Waals surface area contributed by atoms with Crippen LogP contribution in [0, 0.1) is 0 Å². The topological polar surface area (TPSA) is 43.4 Å². The molecule has 0 N–H and O–H groups in total. The Hall–Kier alpha value is -1.64. The highest BCUT2D eigenvalue weighted by atomic mass is 16.5. The van der Waals surface area contributed by atoms with E-state index in [1.807, 2.05) is 13.8 Å². The van der Waals surface area contributed by atoms with E-state index in [2.05, 4.69) is 0 Å². The summed E-state index contributed by atoms with van der Waals surface area (Å²) in [5.41, 5.74) is 1.37. The second-order valence-corrected chi connectivity index (χ2v) is 4.00. The molecule has 0 heterocycles. The summed E-state index contributed by atoms with van der Waals surface area (Å²) in [6, 6.07) is 5.08. The van der Waals surface area contributed by atoms with E-state index in [9.17, 15) is 9.59 Å². The molecule has 0 aliphatic heterocycles. The normalized spacial score (nSPS) is 10.3. The fourth-order valence-corrected chi connectivity index (χ4v) is 1.53. The van der Waals surface area contributed by atoms with Gasteiger partial charge < -0.3 is 4.74 Å². The van der Waals surface area contributed by atoms with Gasteiger partial charge in [-0.25, -0.2) is 0 Å². The molecule has 0 spiro atoms. The molecule has 0 aliphatic carbocycles. The first-order valence-electron chi connectivity index (χ1n) is 5.20. The van der Waals surface area contributed by atoms with Crippen molar-refractivity contribution in [3.05, 3.63) is 29.3 Å². The van der Waals surface area contributed by atoms with Crippen LogP contribution >= 0.6 is 0 Å². The molecular weight excluding hydrogens is 204 g/mol. The lowest BCUT2D eigenvalue weighted by Gasteiger charge is -2.12. The second-order valence-electron chi connectivity index (χ2n) is 4.00. The third-order valence-electron chi connectivity index (χ3n) is 2.43. The van der Waals surface area contributed by atoms with E-state index in [0.29, 0.717) is 5.56 Å². The minimum Gasteiger partial charge on any atom is -0.496 e. The third-order valence-corrected chi connectivity index (χ3v) is 2.43. The summed E-state index contributed by atoms with van der Waals surface area (Å²) in [4.78, 5) is 22.5. The molecule has 1 aromatic carbocycles. The largest absolute Gasteiger partial charge is 0.496 e. The van der Waals surface area contributed by atoms with Gasteiger partial charge in [-0.2, -0.15) is 0 Å². The lowest BCUT2D eigenvalue weighted by atomic mass is 9.97. The molecule has 0 saturated heterocycles. The van der Waals surface area contributed by atoms with Crippen molar-refractivity contribution in [2.45, 2.75) is 26.7 Å². The Morgan fingerprint density at radius 2 is 1.88 bits per heavy atom. The zero-order valence-electron chi connectivity index (χ0n) is 10.0. The number of hydrogen-bond donors (Lipinski definition) is 0. The second kappa shape index (κ2) is 4.92. The van der Waals surface area contributed by atoms with E-state index < -0.39 is 11.6 Å². The van der Waals surface area contributed by atoms with Crippen LogP contribution in [0.3, 0.4) is 0 Å². The van der Waals surface area contributed by atoms with E-state index in [1.54, 1.807) is 25.3 Å². The molecule has 16 heavy (non-hydrogen) atoms. The molecule has 3 heteroatoms. The molecule has 0 atom stereocenters. The average molecular weight is 220 g/mol. The maximum atomic E-state index is 11.5. The first-order valence-corrected chi connectivity index (χ1v) is 5.20. The molecule has 0 radical (unpaired) electrons. The number of carbonyl (C=O) groups excluding carboxylic acids is 2. The average Bonchev–Trinajstić information content (AvgIpc) is 2.26. The minimum atomic E-state index is -0.454. The predicted octanol–water partition coefficient (Wildman–Crippen LogP) is 2.59. The molecule has 1 rings (SSSR count). The van der Waals surface area contributed by atoms with E-state index in [-0.39, 0.29) is 5.92 Å². The highest BCUT2D eigenvalue weighted by Crippen LogP contribution is 2.27. The molecule has 0 bridgehead atoms. The van der Waals surface area contributed by atoms with Gasteiger partial charge in [0, 0.05) is 12.5 Å². The van der Waals surface area contributed by atoms with Crippen LogP contribution in [0.15, 0.2) is 18.2 Å². The van der Waals surface area contributed by atoms with Crippen molar-refractivity contribution >= 4 is 11.6 Å². The Kier molecular flexibility index (Phi) is 3.82. The van der Waals surface area contributed by atoms with Gasteiger partial charge in [0.05, 0.1) is 7.11 Å². The summed E-state index contributed by atoms with van der Waals surface area (Å²) in [6.07, 6.45) is 0. The van der Waals surface area contributed by atoms with Gasteiger partial charge in [-0.15, -0.1) is 0 Å². The van der Waals surface area contributed by atoms with Gasteiger partial charge in [-0.1, -0.05) is 13.8 Å². The number of hydrogen-bond acceptors (Lipinski definition) is 3. The summed E-state index contributed by atoms with van der Waals surface area (Å²) < 4.78 is 5.21. The van der Waals surface area contributed by atoms with Crippen molar-refractivity contribution in [3.8, 4) is 5.75 Å². The van der Waals surface area contributed by atoms with Crippen molar-refractivity contribution in [1.82, 2.24) is 0 Å². The lowest BCUT2D eigenvalue weighted by molar-refractivity contribution is -0.113. The smallest absolute Gasteiger partial charge is 0.228 e. The van der Waals surface area contributed by atoms with Crippen molar-refractivity contribution in [2.75, 3.05) is 7.11 Å². The van der Waals surface area contributed by atoms with Gasteiger partial charge in [0.15, 0.2) is 5.78 Å². The molecule has 3 nitrogen and oxygen atoms in total. The van der Waals surface area contributed by atoms with Crippen LogP contribution < -0.4 is 4.74 Å². The maximum absolute atomic E-state index is 11.5. The Labute approximate surface area is 95.4 Å². The first kappa shape index (κ1) is 12.4. The monoisotopic (exact) mass is 220 g/mol. The van der Waals surface area contributed by atoms with Crippen molar-refractivity contribution in [2.24, 2.45) is 0 Å². The zero-order chi connectivity index (χ0) is 12.3. The van der Waals surface area contributed by atoms with E-state index in [0.717, 1.165) is 11.3 Å². The molecule has 1 aromatic rings. The number of ketones is 2. The Balaban J connectivity index is 3.22. The number of methoxy groups -OCH3 is 1. The number of benzene rings is 1. The molecule has 0 aromatic heterocycles. The van der Waals surface area contributed by atoms with Gasteiger partial charge in [0.25, 0.3) is 0 Å². The van der Waals surface area contributed by atoms with Crippen LogP contribution in [-0.2, 0) is 4.79 Å². The molecular formula is C13H16O3. The third kappa shape index (κ3) is 2.48. The minimum absolute atomic E-state index is 0.245. The van der Waals surface area contributed by atoms with Gasteiger partial charge in [0.2, 0.25) is 5.78 Å². The Bertz CT molecular complexity index is 419. The van der Waals surface area contributed by atoms with Crippen molar-refractivity contribution < 1.29 is 14.3 Å². The number of rotatable bonds is 4. The molecule has 86 valence electrons. The number of Topliss-reactive ketones (excluding diaryl/α,β-unsaturated/α-hetero) is 2. The van der Waals surface area contributed by atoms with Gasteiger partial charge >= 0.3 is 0 Å². The summed E-state index contributed by atoms with van der Waals surface area (Å²) >= 11 is 0. The van der Waals surface area contributed by atoms with Crippen molar-refractivity contribution in [3.63, 3.8) is 0 Å². The highest BCUT2D eigenvalue weighted by molar-refractivity contribution is 6.42. The Morgan fingerprint density at radius 1 is 1.25 bits per heavy atom. The summed E-state index contributed by atoms with van der Waals surface area (Å²) in [6.45, 7) is 5.31. The zero-order valence-corrected chi connectivity index (χ0v) is 10.0. The van der Waals surface area contributed by atoms with Crippen molar-refractivity contribution in [1.29, 1.82) is 0 Å². The first-order chi connectivity index (χ1) is 7.47. The molecule has 0 amide bonds. The number of carbonyl (C=O) groups is 2. The lowest BCUT2D eigenvalue weighted by Crippen LogP contribution is -2.10. The molecule has 0 aliphatic rings. The quantitative estimate of drug-likeness (QED) is 0.578. The van der Waals surface area contributed by atoms with E-state index >= 15 is 0 Å². The van der Waals surface area contributed by atoms with Gasteiger partial charge in [-0.05, 0) is 29.7 Å². The van der Waals surface area contributed by atoms with Gasteiger partial charge in [-0.3, -0.25) is 9.59 Å². The van der Waals surface area contributed by atoms with E-state index in [4.69, 9.17) is 4.74 Å². The van der Waals surface area contributed by atoms with Crippen LogP contribution in [0.5, 0.6) is 5.75 Å². The fourth-order valence-electron chi connectivity index (χ4n) is 1.53. The standard InChI is InChI=1S/C13H16O3/c1-8(2)11-7-10(13(15)9(3)14)5-6-12(11)16-4/h5-8H,1-4H3. The highest BCUT2D eigenvalue weighted by Gasteiger charge is 2.15. The van der Waals surface area contributed by atoms with Crippen LogP contribution in [-0.4, -0.2) is 18.7 Å². The van der Waals surface area contributed by atoms with Crippen LogP contribution in [0.4, 0.5) is 0 Å². The molecule has 0 fully saturated rings. The fraction of sp³-hybridized carbons (Fsp3) is 0.385. The number of ether oxygens (including phenoxy) is 1. The molecule has 0 saturated carbocycles. The Morgan fingerprint density at radius 3 is 2.31 bits per heavy atom.